The van der Waals surface area contributed by atoms with Crippen molar-refractivity contribution < 1.29 is 0 Å². The van der Waals surface area contributed by atoms with Crippen LogP contribution in [0.5, 0.6) is 0 Å². The molecule has 5 nitrogen and oxygen atoms in total. The van der Waals surface area contributed by atoms with E-state index in [0.29, 0.717) is 0 Å². The van der Waals surface area contributed by atoms with E-state index in [9.17, 15) is 0 Å². The second-order valence-corrected chi connectivity index (χ2v) is 4.52. The van der Waals surface area contributed by atoms with Crippen molar-refractivity contribution >= 4 is 32.7 Å². The van der Waals surface area contributed by atoms with Gasteiger partial charge in [0.15, 0.2) is 5.82 Å². The molecular formula is C12H10BrN5. The van der Waals surface area contributed by atoms with Gasteiger partial charge in [0.25, 0.3) is 0 Å². The van der Waals surface area contributed by atoms with E-state index >= 15 is 0 Å². The average Bonchev–Trinajstić information content (AvgIpc) is 2.83. The van der Waals surface area contributed by atoms with Crippen molar-refractivity contribution in [2.75, 3.05) is 12.4 Å². The Labute approximate surface area is 112 Å². The Morgan fingerprint density at radius 3 is 2.89 bits per heavy atom. The zero-order chi connectivity index (χ0) is 12.5. The topological polar surface area (TPSA) is 55.6 Å². The normalized spacial score (nSPS) is 10.8. The summed E-state index contributed by atoms with van der Waals surface area (Å²) in [5, 5.41) is 8.45. The second-order valence-electron chi connectivity index (χ2n) is 3.73. The molecule has 90 valence electrons. The van der Waals surface area contributed by atoms with Gasteiger partial charge in [-0.15, -0.1) is 0 Å². The van der Waals surface area contributed by atoms with Crippen molar-refractivity contribution in [1.82, 2.24) is 19.7 Å². The molecule has 0 amide bonds. The van der Waals surface area contributed by atoms with Crippen LogP contribution in [0, 0.1) is 0 Å². The summed E-state index contributed by atoms with van der Waals surface area (Å²) < 4.78 is 2.59. The van der Waals surface area contributed by atoms with Gasteiger partial charge in [-0.2, -0.15) is 5.10 Å². The van der Waals surface area contributed by atoms with E-state index in [-0.39, 0.29) is 0 Å². The van der Waals surface area contributed by atoms with Gasteiger partial charge >= 0.3 is 0 Å². The van der Waals surface area contributed by atoms with Crippen molar-refractivity contribution in [3.05, 3.63) is 41.3 Å². The fourth-order valence-corrected chi connectivity index (χ4v) is 2.39. The molecule has 1 N–H and O–H groups in total. The van der Waals surface area contributed by atoms with Crippen LogP contribution in [-0.4, -0.2) is 26.8 Å². The van der Waals surface area contributed by atoms with Crippen molar-refractivity contribution in [3.63, 3.8) is 0 Å². The van der Waals surface area contributed by atoms with E-state index in [1.54, 1.807) is 4.68 Å². The second kappa shape index (κ2) is 4.38. The van der Waals surface area contributed by atoms with Crippen molar-refractivity contribution in [2.45, 2.75) is 0 Å². The Hall–Kier alpha value is -1.95. The number of hydrogen-bond donors (Lipinski definition) is 1. The van der Waals surface area contributed by atoms with Crippen LogP contribution in [-0.2, 0) is 0 Å². The number of rotatable bonds is 2. The molecule has 2 heterocycles. The van der Waals surface area contributed by atoms with Crippen LogP contribution in [0.1, 0.15) is 0 Å². The number of para-hydroxylation sites is 1. The molecule has 6 heteroatoms. The molecule has 0 aliphatic carbocycles. The molecule has 0 unspecified atom stereocenters. The Bertz CT molecular complexity index is 707. The fourth-order valence-electron chi connectivity index (χ4n) is 1.82. The molecule has 3 aromatic rings. The van der Waals surface area contributed by atoms with Crippen LogP contribution >= 0.6 is 15.9 Å². The highest BCUT2D eigenvalue weighted by atomic mass is 79.9. The lowest BCUT2D eigenvalue weighted by Gasteiger charge is -2.08. The fraction of sp³-hybridized carbons (Fsp3) is 0.0833. The average molecular weight is 304 g/mol. The standard InChI is InChI=1S/C12H10BrN5/c1-14-11-10(13)12(16-7-15-11)18-9-5-3-2-4-8(9)6-17-18/h2-7H,1H3,(H,14,15,16). The van der Waals surface area contributed by atoms with E-state index in [1.165, 1.54) is 6.33 Å². The van der Waals surface area contributed by atoms with Crippen LogP contribution in [0.4, 0.5) is 5.82 Å². The van der Waals surface area contributed by atoms with Crippen LogP contribution in [0.2, 0.25) is 0 Å². The Balaban J connectivity index is 2.26. The zero-order valence-corrected chi connectivity index (χ0v) is 11.2. The summed E-state index contributed by atoms with van der Waals surface area (Å²) in [4.78, 5) is 8.42. The lowest BCUT2D eigenvalue weighted by molar-refractivity contribution is 0.860. The van der Waals surface area contributed by atoms with Crippen LogP contribution in [0.3, 0.4) is 0 Å². The molecule has 3 rings (SSSR count). The minimum atomic E-state index is 0.718. The molecular weight excluding hydrogens is 294 g/mol. The Morgan fingerprint density at radius 2 is 2.06 bits per heavy atom. The predicted octanol–water partition coefficient (Wildman–Crippen LogP) is 2.62. The van der Waals surface area contributed by atoms with Crippen molar-refractivity contribution in [3.8, 4) is 5.82 Å². The van der Waals surface area contributed by atoms with E-state index in [2.05, 4.69) is 36.3 Å². The summed E-state index contributed by atoms with van der Waals surface area (Å²) in [7, 11) is 1.82. The molecule has 1 aromatic carbocycles. The number of halogens is 1. The van der Waals surface area contributed by atoms with Crippen molar-refractivity contribution in [2.24, 2.45) is 0 Å². The molecule has 18 heavy (non-hydrogen) atoms. The first-order chi connectivity index (χ1) is 8.81. The quantitative estimate of drug-likeness (QED) is 0.791. The first-order valence-corrected chi connectivity index (χ1v) is 6.22. The highest BCUT2D eigenvalue weighted by Crippen LogP contribution is 2.27. The lowest BCUT2D eigenvalue weighted by Crippen LogP contribution is -2.04. The Morgan fingerprint density at radius 1 is 1.22 bits per heavy atom. The Kier molecular flexibility index (Phi) is 2.71. The largest absolute Gasteiger partial charge is 0.372 e. The van der Waals surface area contributed by atoms with Gasteiger partial charge < -0.3 is 5.32 Å². The summed E-state index contributed by atoms with van der Waals surface area (Å²) in [6.45, 7) is 0. The monoisotopic (exact) mass is 303 g/mol. The van der Waals surface area contributed by atoms with Crippen LogP contribution in [0.15, 0.2) is 41.3 Å². The molecule has 0 aliphatic rings. The third-order valence-corrected chi connectivity index (χ3v) is 3.42. The van der Waals surface area contributed by atoms with Gasteiger partial charge in [0.2, 0.25) is 0 Å². The number of aromatic nitrogens is 4. The number of benzene rings is 1. The molecule has 0 atom stereocenters. The van der Waals surface area contributed by atoms with E-state index in [1.807, 2.05) is 37.5 Å². The van der Waals surface area contributed by atoms with Crippen LogP contribution < -0.4 is 5.32 Å². The maximum absolute atomic E-state index is 4.37. The molecule has 0 saturated heterocycles. The van der Waals surface area contributed by atoms with Crippen molar-refractivity contribution in [1.29, 1.82) is 0 Å². The third kappa shape index (κ3) is 1.65. The third-order valence-electron chi connectivity index (χ3n) is 2.69. The van der Waals surface area contributed by atoms with Gasteiger partial charge in [-0.3, -0.25) is 0 Å². The minimum Gasteiger partial charge on any atom is -0.372 e. The summed E-state index contributed by atoms with van der Waals surface area (Å²) in [6, 6.07) is 8.00. The van der Waals surface area contributed by atoms with Crippen LogP contribution in [0.25, 0.3) is 16.7 Å². The minimum absolute atomic E-state index is 0.718. The van der Waals surface area contributed by atoms with Gasteiger partial charge in [-0.05, 0) is 22.0 Å². The highest BCUT2D eigenvalue weighted by molar-refractivity contribution is 9.10. The molecule has 0 saturated carbocycles. The van der Waals surface area contributed by atoms with E-state index in [4.69, 9.17) is 0 Å². The van der Waals surface area contributed by atoms with Gasteiger partial charge in [0.1, 0.15) is 16.6 Å². The smallest absolute Gasteiger partial charge is 0.173 e. The van der Waals surface area contributed by atoms with E-state index < -0.39 is 0 Å². The molecule has 2 aromatic heterocycles. The SMILES string of the molecule is CNc1ncnc(-n2ncc3ccccc32)c1Br. The highest BCUT2D eigenvalue weighted by Gasteiger charge is 2.12. The number of nitrogens with one attached hydrogen (secondary N) is 1. The molecule has 0 fully saturated rings. The molecule has 0 radical (unpaired) electrons. The summed E-state index contributed by atoms with van der Waals surface area (Å²) in [5.41, 5.74) is 1.01. The van der Waals surface area contributed by atoms with Gasteiger partial charge in [0, 0.05) is 12.4 Å². The van der Waals surface area contributed by atoms with E-state index in [0.717, 1.165) is 27.0 Å². The zero-order valence-electron chi connectivity index (χ0n) is 9.63. The van der Waals surface area contributed by atoms with Gasteiger partial charge in [-0.25, -0.2) is 14.6 Å². The first kappa shape index (κ1) is 11.2. The maximum Gasteiger partial charge on any atom is 0.173 e. The maximum atomic E-state index is 4.37. The number of anilines is 1. The summed E-state index contributed by atoms with van der Waals surface area (Å²) >= 11 is 3.50. The lowest BCUT2D eigenvalue weighted by atomic mass is 10.2. The first-order valence-electron chi connectivity index (χ1n) is 5.42. The van der Waals surface area contributed by atoms with Gasteiger partial charge in [-0.1, -0.05) is 18.2 Å². The molecule has 0 aliphatic heterocycles. The summed E-state index contributed by atoms with van der Waals surface area (Å²) in [5.74, 6) is 1.45. The number of nitrogens with zero attached hydrogens (tertiary/aromatic N) is 4. The number of fused-ring (bicyclic) bond motifs is 1. The molecule has 0 bridgehead atoms. The number of hydrogen-bond acceptors (Lipinski definition) is 4. The predicted molar refractivity (Wildman–Crippen MR) is 73.9 cm³/mol. The van der Waals surface area contributed by atoms with Gasteiger partial charge in [0.05, 0.1) is 11.7 Å². The molecule has 0 spiro atoms. The summed E-state index contributed by atoms with van der Waals surface area (Å²) in [6.07, 6.45) is 3.34.